The van der Waals surface area contributed by atoms with E-state index in [4.69, 9.17) is 5.26 Å². The van der Waals surface area contributed by atoms with E-state index in [-0.39, 0.29) is 12.2 Å². The summed E-state index contributed by atoms with van der Waals surface area (Å²) in [5.74, 6) is 0.503. The van der Waals surface area contributed by atoms with Crippen LogP contribution in [-0.2, 0) is 0 Å². The quantitative estimate of drug-likeness (QED) is 0.598. The van der Waals surface area contributed by atoms with E-state index in [1.54, 1.807) is 24.4 Å². The minimum atomic E-state index is -0.260. The van der Waals surface area contributed by atoms with Crippen LogP contribution in [0.2, 0.25) is 0 Å². The number of rotatable bonds is 4. The molecule has 0 amide bonds. The van der Waals surface area contributed by atoms with Crippen molar-refractivity contribution >= 4 is 5.82 Å². The first-order valence-electron chi connectivity index (χ1n) is 5.97. The molecule has 0 bridgehead atoms. The third-order valence-corrected chi connectivity index (χ3v) is 3.25. The number of pyridine rings is 1. The molecular formula is C12H15N5O. The molecule has 2 rings (SSSR count). The van der Waals surface area contributed by atoms with Crippen LogP contribution >= 0.6 is 0 Å². The van der Waals surface area contributed by atoms with E-state index in [1.807, 2.05) is 11.8 Å². The van der Waals surface area contributed by atoms with Gasteiger partial charge in [-0.1, -0.05) is 6.07 Å². The fraction of sp³-hybridized carbons (Fsp3) is 0.500. The van der Waals surface area contributed by atoms with Crippen molar-refractivity contribution in [3.63, 3.8) is 0 Å². The first kappa shape index (κ1) is 12.5. The molecule has 6 nitrogen and oxygen atoms in total. The fourth-order valence-electron chi connectivity index (χ4n) is 2.31. The van der Waals surface area contributed by atoms with Crippen molar-refractivity contribution in [2.24, 2.45) is 5.29 Å². The average Bonchev–Trinajstić information content (AvgIpc) is 2.89. The van der Waals surface area contributed by atoms with Gasteiger partial charge in [-0.2, -0.15) is 10.3 Å². The molecule has 2 atom stereocenters. The van der Waals surface area contributed by atoms with Crippen LogP contribution in [0.4, 0.5) is 5.82 Å². The molecule has 0 radical (unpaired) electrons. The summed E-state index contributed by atoms with van der Waals surface area (Å²) in [4.78, 5) is 17.1. The number of nitriles is 1. The van der Waals surface area contributed by atoms with Gasteiger partial charge in [0.25, 0.3) is 0 Å². The van der Waals surface area contributed by atoms with E-state index in [9.17, 15) is 4.91 Å². The highest BCUT2D eigenvalue weighted by Gasteiger charge is 2.32. The molecule has 0 spiro atoms. The largest absolute Gasteiger partial charge is 0.266 e. The Morgan fingerprint density at radius 2 is 2.50 bits per heavy atom. The maximum Gasteiger partial charge on any atom is 0.153 e. The number of likely N-dealkylation sites (tertiary alicyclic amines) is 1. The summed E-state index contributed by atoms with van der Waals surface area (Å²) in [5, 5.41) is 13.4. The van der Waals surface area contributed by atoms with Crippen molar-refractivity contribution in [3.05, 3.63) is 29.3 Å². The van der Waals surface area contributed by atoms with Crippen LogP contribution in [0.3, 0.4) is 0 Å². The van der Waals surface area contributed by atoms with Gasteiger partial charge in [-0.3, -0.25) is 4.90 Å². The van der Waals surface area contributed by atoms with Gasteiger partial charge in [0.2, 0.25) is 0 Å². The van der Waals surface area contributed by atoms with Crippen molar-refractivity contribution in [2.45, 2.75) is 32.0 Å². The van der Waals surface area contributed by atoms with Gasteiger partial charge < -0.3 is 0 Å². The monoisotopic (exact) mass is 245 g/mol. The van der Waals surface area contributed by atoms with Crippen molar-refractivity contribution in [2.75, 3.05) is 11.6 Å². The molecule has 18 heavy (non-hydrogen) atoms. The minimum Gasteiger partial charge on any atom is -0.266 e. The van der Waals surface area contributed by atoms with Gasteiger partial charge >= 0.3 is 0 Å². The number of anilines is 1. The third kappa shape index (κ3) is 2.31. The second-order valence-electron chi connectivity index (χ2n) is 4.27. The van der Waals surface area contributed by atoms with Crippen LogP contribution in [0.15, 0.2) is 29.7 Å². The molecule has 94 valence electrons. The Bertz CT molecular complexity index is 444. The summed E-state index contributed by atoms with van der Waals surface area (Å²) in [6.07, 6.45) is 3.17. The normalized spacial score (nSPS) is 21.2. The van der Waals surface area contributed by atoms with Crippen LogP contribution in [0.1, 0.15) is 19.8 Å². The van der Waals surface area contributed by atoms with Gasteiger partial charge in [-0.25, -0.2) is 4.98 Å². The zero-order chi connectivity index (χ0) is 13.0. The number of nitroso groups, excluding NO2 is 1. The standard InChI is InChI=1S/C12H15N5O/c1-10(16-8-4-5-11(16)9-13)17(15-18)12-6-2-3-7-14-12/h2-3,6-7,10-11H,4-5,8H2,1H3. The highest BCUT2D eigenvalue weighted by Crippen LogP contribution is 2.24. The Kier molecular flexibility index (Phi) is 3.85. The number of nitrogens with zero attached hydrogens (tertiary/aromatic N) is 5. The smallest absolute Gasteiger partial charge is 0.153 e. The maximum absolute atomic E-state index is 11.0. The van der Waals surface area contributed by atoms with Crippen LogP contribution < -0.4 is 5.01 Å². The van der Waals surface area contributed by atoms with Crippen LogP contribution in [0.5, 0.6) is 0 Å². The zero-order valence-corrected chi connectivity index (χ0v) is 10.2. The van der Waals surface area contributed by atoms with E-state index in [0.29, 0.717) is 5.82 Å². The molecule has 1 aliphatic rings. The predicted molar refractivity (Wildman–Crippen MR) is 67.3 cm³/mol. The topological polar surface area (TPSA) is 72.6 Å². The first-order valence-corrected chi connectivity index (χ1v) is 5.97. The lowest BCUT2D eigenvalue weighted by molar-refractivity contribution is 0.216. The SMILES string of the molecule is CC(N(N=O)c1ccccn1)N1CCCC1C#N. The van der Waals surface area contributed by atoms with Gasteiger partial charge in [-0.15, -0.1) is 4.91 Å². The second kappa shape index (κ2) is 5.56. The molecule has 2 heterocycles. The van der Waals surface area contributed by atoms with Crippen molar-refractivity contribution in [1.29, 1.82) is 5.26 Å². The Labute approximate surface area is 106 Å². The van der Waals surface area contributed by atoms with Crippen molar-refractivity contribution < 1.29 is 0 Å². The summed E-state index contributed by atoms with van der Waals surface area (Å²) in [7, 11) is 0. The van der Waals surface area contributed by atoms with E-state index >= 15 is 0 Å². The molecule has 1 fully saturated rings. The lowest BCUT2D eigenvalue weighted by Crippen LogP contribution is -2.46. The van der Waals surface area contributed by atoms with E-state index in [0.717, 1.165) is 19.4 Å². The van der Waals surface area contributed by atoms with Crippen LogP contribution in [0, 0.1) is 16.2 Å². The molecular weight excluding hydrogens is 230 g/mol. The average molecular weight is 245 g/mol. The van der Waals surface area contributed by atoms with E-state index in [1.165, 1.54) is 5.01 Å². The molecule has 1 aromatic heterocycles. The van der Waals surface area contributed by atoms with Crippen LogP contribution in [-0.4, -0.2) is 28.6 Å². The lowest BCUT2D eigenvalue weighted by Gasteiger charge is -2.31. The highest BCUT2D eigenvalue weighted by atomic mass is 16.3. The molecule has 1 aromatic rings. The summed E-state index contributed by atoms with van der Waals surface area (Å²) >= 11 is 0. The molecule has 0 aliphatic carbocycles. The van der Waals surface area contributed by atoms with Crippen molar-refractivity contribution in [3.8, 4) is 6.07 Å². The number of hydrogen-bond acceptors (Lipinski definition) is 5. The van der Waals surface area contributed by atoms with E-state index in [2.05, 4.69) is 16.3 Å². The van der Waals surface area contributed by atoms with Crippen LogP contribution in [0.25, 0.3) is 0 Å². The van der Waals surface area contributed by atoms with Gasteiger partial charge in [0.15, 0.2) is 5.82 Å². The maximum atomic E-state index is 11.0. The molecule has 6 heteroatoms. The zero-order valence-electron chi connectivity index (χ0n) is 10.2. The second-order valence-corrected chi connectivity index (χ2v) is 4.27. The van der Waals surface area contributed by atoms with Gasteiger partial charge in [0, 0.05) is 12.7 Å². The fourth-order valence-corrected chi connectivity index (χ4v) is 2.31. The van der Waals surface area contributed by atoms with E-state index < -0.39 is 0 Å². The summed E-state index contributed by atoms with van der Waals surface area (Å²) in [6.45, 7) is 2.67. The Hall–Kier alpha value is -2.00. The Morgan fingerprint density at radius 3 is 3.11 bits per heavy atom. The molecule has 1 saturated heterocycles. The molecule has 1 aliphatic heterocycles. The number of aromatic nitrogens is 1. The van der Waals surface area contributed by atoms with Gasteiger partial charge in [-0.05, 0) is 31.9 Å². The number of hydrogen-bond donors (Lipinski definition) is 0. The molecule has 0 aromatic carbocycles. The Balaban J connectivity index is 2.18. The lowest BCUT2D eigenvalue weighted by atomic mass is 10.2. The van der Waals surface area contributed by atoms with Gasteiger partial charge in [0.1, 0.15) is 6.17 Å². The van der Waals surface area contributed by atoms with Crippen molar-refractivity contribution in [1.82, 2.24) is 9.88 Å². The molecule has 2 unspecified atom stereocenters. The highest BCUT2D eigenvalue weighted by molar-refractivity contribution is 5.37. The third-order valence-electron chi connectivity index (χ3n) is 3.25. The first-order chi connectivity index (χ1) is 8.77. The summed E-state index contributed by atoms with van der Waals surface area (Å²) < 4.78 is 0. The molecule has 0 saturated carbocycles. The van der Waals surface area contributed by atoms with Gasteiger partial charge in [0.05, 0.1) is 17.4 Å². The minimum absolute atomic E-state index is 0.145. The predicted octanol–water partition coefficient (Wildman–Crippen LogP) is 1.90. The Morgan fingerprint density at radius 1 is 1.67 bits per heavy atom. The summed E-state index contributed by atoms with van der Waals surface area (Å²) in [6, 6.07) is 7.43. The molecule has 0 N–H and O–H groups in total. The summed E-state index contributed by atoms with van der Waals surface area (Å²) in [5.41, 5.74) is 0.